The number of carbonyl (C=O) groups excluding carboxylic acids is 1. The summed E-state index contributed by atoms with van der Waals surface area (Å²) in [6.07, 6.45) is -4.86. The molecule has 3 rings (SSSR count). The van der Waals surface area contributed by atoms with Gasteiger partial charge in [-0.05, 0) is 42.5 Å². The number of amides is 2. The number of rotatable bonds is 6. The SMILES string of the molecule is O=C(Nc1ccc(NS(=O)(=O)c2ccccc2C(F)(F)F)cc1)Nc1cccc([N+](=O)[O-])c1. The van der Waals surface area contributed by atoms with Crippen molar-refractivity contribution in [3.05, 3.63) is 88.5 Å². The van der Waals surface area contributed by atoms with E-state index in [9.17, 15) is 36.5 Å². The molecule has 2 amide bonds. The Hall–Kier alpha value is -4.13. The topological polar surface area (TPSA) is 130 Å². The molecule has 0 aromatic heterocycles. The molecule has 3 aromatic rings. The van der Waals surface area contributed by atoms with Crippen molar-refractivity contribution in [1.29, 1.82) is 0 Å². The molecule has 9 nitrogen and oxygen atoms in total. The molecule has 0 saturated heterocycles. The van der Waals surface area contributed by atoms with Crippen molar-refractivity contribution in [3.63, 3.8) is 0 Å². The molecule has 0 heterocycles. The smallest absolute Gasteiger partial charge is 0.308 e. The largest absolute Gasteiger partial charge is 0.417 e. The molecule has 13 heteroatoms. The van der Waals surface area contributed by atoms with Crippen LogP contribution in [0.4, 0.5) is 40.7 Å². The minimum absolute atomic E-state index is 0.0309. The molecule has 0 spiro atoms. The van der Waals surface area contributed by atoms with Gasteiger partial charge in [0.25, 0.3) is 15.7 Å². The number of nitro groups is 1. The standard InChI is InChI=1S/C20H15F3N4O5S/c21-20(22,23)17-6-1-2-7-18(17)33(31,32)26-14-10-8-13(9-11-14)24-19(28)25-15-4-3-5-16(12-15)27(29)30/h1-12,26H,(H2,24,25,28). The summed E-state index contributed by atoms with van der Waals surface area (Å²) in [7, 11) is -4.54. The van der Waals surface area contributed by atoms with Crippen LogP contribution in [0.1, 0.15) is 5.56 Å². The fourth-order valence-electron chi connectivity index (χ4n) is 2.76. The zero-order chi connectivity index (χ0) is 24.2. The second kappa shape index (κ2) is 9.16. The lowest BCUT2D eigenvalue weighted by molar-refractivity contribution is -0.384. The van der Waals surface area contributed by atoms with Crippen LogP contribution in [0.5, 0.6) is 0 Å². The Bertz CT molecular complexity index is 1300. The van der Waals surface area contributed by atoms with Gasteiger partial charge >= 0.3 is 12.2 Å². The minimum Gasteiger partial charge on any atom is -0.308 e. The number of hydrogen-bond acceptors (Lipinski definition) is 5. The predicted octanol–water partition coefficient (Wildman–Crippen LogP) is 5.06. The first-order valence-corrected chi connectivity index (χ1v) is 10.6. The van der Waals surface area contributed by atoms with Crippen LogP contribution in [0.15, 0.2) is 77.7 Å². The van der Waals surface area contributed by atoms with E-state index in [1.807, 2.05) is 0 Å². The highest BCUT2D eigenvalue weighted by atomic mass is 32.2. The molecule has 0 aliphatic rings. The number of halogens is 3. The first-order valence-electron chi connectivity index (χ1n) is 9.07. The van der Waals surface area contributed by atoms with Crippen molar-refractivity contribution in [2.45, 2.75) is 11.1 Å². The fourth-order valence-corrected chi connectivity index (χ4v) is 4.04. The van der Waals surface area contributed by atoms with Crippen molar-refractivity contribution in [2.75, 3.05) is 15.4 Å². The van der Waals surface area contributed by atoms with Crippen LogP contribution >= 0.6 is 0 Å². The molecule has 0 atom stereocenters. The van der Waals surface area contributed by atoms with Crippen molar-refractivity contribution in [3.8, 4) is 0 Å². The highest BCUT2D eigenvalue weighted by Crippen LogP contribution is 2.34. The summed E-state index contributed by atoms with van der Waals surface area (Å²) in [5.74, 6) is 0. The number of nitrogens with one attached hydrogen (secondary N) is 3. The first-order chi connectivity index (χ1) is 15.5. The third-order valence-corrected chi connectivity index (χ3v) is 5.63. The first kappa shape index (κ1) is 23.5. The number of anilines is 3. The summed E-state index contributed by atoms with van der Waals surface area (Å²) in [6.45, 7) is 0. The molecule has 0 unspecified atom stereocenters. The van der Waals surface area contributed by atoms with Gasteiger partial charge in [0.1, 0.15) is 0 Å². The van der Waals surface area contributed by atoms with Gasteiger partial charge in [0.2, 0.25) is 0 Å². The van der Waals surface area contributed by atoms with E-state index in [-0.39, 0.29) is 22.7 Å². The fraction of sp³-hybridized carbons (Fsp3) is 0.0500. The quantitative estimate of drug-likeness (QED) is 0.335. The van der Waals surface area contributed by atoms with Crippen molar-refractivity contribution < 1.29 is 31.3 Å². The van der Waals surface area contributed by atoms with E-state index in [4.69, 9.17) is 0 Å². The number of nitrogens with zero attached hydrogens (tertiary/aromatic N) is 1. The third kappa shape index (κ3) is 5.98. The van der Waals surface area contributed by atoms with Crippen LogP contribution in [0.25, 0.3) is 0 Å². The van der Waals surface area contributed by atoms with Gasteiger partial charge in [-0.2, -0.15) is 13.2 Å². The highest BCUT2D eigenvalue weighted by molar-refractivity contribution is 7.92. The van der Waals surface area contributed by atoms with Crippen LogP contribution in [0.2, 0.25) is 0 Å². The monoisotopic (exact) mass is 480 g/mol. The van der Waals surface area contributed by atoms with Gasteiger partial charge in [0.05, 0.1) is 15.4 Å². The summed E-state index contributed by atoms with van der Waals surface area (Å²) in [6, 6.07) is 13.5. The van der Waals surface area contributed by atoms with E-state index in [0.717, 1.165) is 18.2 Å². The summed E-state index contributed by atoms with van der Waals surface area (Å²) in [5, 5.41) is 15.6. The average molecular weight is 480 g/mol. The van der Waals surface area contributed by atoms with Gasteiger partial charge < -0.3 is 10.6 Å². The molecule has 3 aromatic carbocycles. The number of sulfonamides is 1. The molecular formula is C20H15F3N4O5S. The Balaban J connectivity index is 1.69. The Morgan fingerprint density at radius 2 is 1.45 bits per heavy atom. The van der Waals surface area contributed by atoms with E-state index in [1.165, 1.54) is 48.5 Å². The number of hydrogen-bond donors (Lipinski definition) is 3. The molecule has 0 aliphatic heterocycles. The van der Waals surface area contributed by atoms with Crippen LogP contribution in [0.3, 0.4) is 0 Å². The third-order valence-electron chi connectivity index (χ3n) is 4.19. The van der Waals surface area contributed by atoms with E-state index in [2.05, 4.69) is 15.4 Å². The van der Waals surface area contributed by atoms with Crippen molar-refractivity contribution in [1.82, 2.24) is 0 Å². The van der Waals surface area contributed by atoms with E-state index in [1.54, 1.807) is 0 Å². The highest BCUT2D eigenvalue weighted by Gasteiger charge is 2.36. The van der Waals surface area contributed by atoms with Gasteiger partial charge in [0.15, 0.2) is 0 Å². The number of non-ortho nitro benzene ring substituents is 1. The lowest BCUT2D eigenvalue weighted by Gasteiger charge is -2.14. The Morgan fingerprint density at radius 3 is 2.09 bits per heavy atom. The molecular weight excluding hydrogens is 465 g/mol. The molecule has 0 aliphatic carbocycles. The lowest BCUT2D eigenvalue weighted by Crippen LogP contribution is -2.20. The van der Waals surface area contributed by atoms with Gasteiger partial charge in [-0.15, -0.1) is 0 Å². The Kier molecular flexibility index (Phi) is 6.53. The molecule has 0 bridgehead atoms. The normalized spacial score (nSPS) is 11.5. The molecule has 3 N–H and O–H groups in total. The van der Waals surface area contributed by atoms with Crippen molar-refractivity contribution in [2.24, 2.45) is 0 Å². The zero-order valence-electron chi connectivity index (χ0n) is 16.5. The molecule has 172 valence electrons. The van der Waals surface area contributed by atoms with E-state index < -0.39 is 37.6 Å². The van der Waals surface area contributed by atoms with Gasteiger partial charge in [-0.1, -0.05) is 18.2 Å². The van der Waals surface area contributed by atoms with Crippen LogP contribution in [-0.2, 0) is 16.2 Å². The van der Waals surface area contributed by atoms with Gasteiger partial charge in [0, 0.05) is 29.2 Å². The Labute approximate surface area is 185 Å². The number of alkyl halides is 3. The van der Waals surface area contributed by atoms with E-state index >= 15 is 0 Å². The Morgan fingerprint density at radius 1 is 0.848 bits per heavy atom. The number of urea groups is 1. The summed E-state index contributed by atoms with van der Waals surface area (Å²) < 4.78 is 66.4. The molecule has 0 saturated carbocycles. The predicted molar refractivity (Wildman–Crippen MR) is 114 cm³/mol. The van der Waals surface area contributed by atoms with Crippen molar-refractivity contribution >= 4 is 38.8 Å². The van der Waals surface area contributed by atoms with Crippen LogP contribution in [0, 0.1) is 10.1 Å². The second-order valence-electron chi connectivity index (χ2n) is 6.56. The maximum Gasteiger partial charge on any atom is 0.417 e. The van der Waals surface area contributed by atoms with E-state index in [0.29, 0.717) is 6.07 Å². The lowest BCUT2D eigenvalue weighted by atomic mass is 10.2. The van der Waals surface area contributed by atoms with Gasteiger partial charge in [-0.25, -0.2) is 13.2 Å². The maximum atomic E-state index is 13.1. The number of nitro benzene ring substituents is 1. The average Bonchev–Trinajstić information content (AvgIpc) is 2.74. The zero-order valence-corrected chi connectivity index (χ0v) is 17.3. The van der Waals surface area contributed by atoms with Crippen LogP contribution < -0.4 is 15.4 Å². The number of carbonyl (C=O) groups is 1. The van der Waals surface area contributed by atoms with Crippen LogP contribution in [-0.4, -0.2) is 19.4 Å². The molecule has 0 fully saturated rings. The second-order valence-corrected chi connectivity index (χ2v) is 8.21. The number of benzene rings is 3. The summed E-state index contributed by atoms with van der Waals surface area (Å²) in [4.78, 5) is 21.3. The van der Waals surface area contributed by atoms with Gasteiger partial charge in [-0.3, -0.25) is 14.8 Å². The maximum absolute atomic E-state index is 13.1. The minimum atomic E-state index is -4.86. The molecule has 0 radical (unpaired) electrons. The summed E-state index contributed by atoms with van der Waals surface area (Å²) >= 11 is 0. The molecule has 33 heavy (non-hydrogen) atoms. The summed E-state index contributed by atoms with van der Waals surface area (Å²) in [5.41, 5.74) is -1.13.